The molecular weight excluding hydrogens is 152 g/mol. The Morgan fingerprint density at radius 2 is 2.25 bits per heavy atom. The SMILES string of the molecule is c1ncnc(CC2CCCN2)n1. The summed E-state index contributed by atoms with van der Waals surface area (Å²) >= 11 is 0. The first-order chi connectivity index (χ1) is 5.95. The average molecular weight is 164 g/mol. The number of aromatic nitrogens is 3. The van der Waals surface area contributed by atoms with Crippen LogP contribution in [0.1, 0.15) is 18.7 Å². The Bertz CT molecular complexity index is 230. The lowest BCUT2D eigenvalue weighted by Gasteiger charge is -2.06. The Kier molecular flexibility index (Phi) is 2.27. The Morgan fingerprint density at radius 1 is 1.42 bits per heavy atom. The summed E-state index contributed by atoms with van der Waals surface area (Å²) < 4.78 is 0. The van der Waals surface area contributed by atoms with Crippen LogP contribution < -0.4 is 5.32 Å². The fourth-order valence-electron chi connectivity index (χ4n) is 1.52. The summed E-state index contributed by atoms with van der Waals surface area (Å²) in [4.78, 5) is 11.9. The molecule has 12 heavy (non-hydrogen) atoms. The van der Waals surface area contributed by atoms with Gasteiger partial charge in [-0.2, -0.15) is 0 Å². The molecule has 1 aromatic heterocycles. The molecule has 0 amide bonds. The molecule has 0 aliphatic carbocycles. The van der Waals surface area contributed by atoms with Gasteiger partial charge in [0.1, 0.15) is 18.5 Å². The third-order valence-corrected chi connectivity index (χ3v) is 2.14. The Labute approximate surface area is 71.5 Å². The topological polar surface area (TPSA) is 50.7 Å². The molecule has 1 saturated heterocycles. The van der Waals surface area contributed by atoms with E-state index in [1.165, 1.54) is 12.8 Å². The summed E-state index contributed by atoms with van der Waals surface area (Å²) in [5, 5.41) is 3.40. The molecule has 0 saturated carbocycles. The van der Waals surface area contributed by atoms with Gasteiger partial charge in [-0.15, -0.1) is 0 Å². The minimum Gasteiger partial charge on any atom is -0.314 e. The van der Waals surface area contributed by atoms with Crippen molar-refractivity contribution in [3.63, 3.8) is 0 Å². The highest BCUT2D eigenvalue weighted by molar-refractivity contribution is 4.89. The zero-order chi connectivity index (χ0) is 8.23. The number of rotatable bonds is 2. The summed E-state index contributed by atoms with van der Waals surface area (Å²) in [6.45, 7) is 1.13. The van der Waals surface area contributed by atoms with Crippen LogP contribution in [0.4, 0.5) is 0 Å². The second-order valence-corrected chi connectivity index (χ2v) is 3.05. The van der Waals surface area contributed by atoms with Gasteiger partial charge >= 0.3 is 0 Å². The van der Waals surface area contributed by atoms with Crippen molar-refractivity contribution < 1.29 is 0 Å². The maximum atomic E-state index is 4.08. The van der Waals surface area contributed by atoms with E-state index in [9.17, 15) is 0 Å². The van der Waals surface area contributed by atoms with Gasteiger partial charge < -0.3 is 5.32 Å². The van der Waals surface area contributed by atoms with Crippen LogP contribution in [-0.2, 0) is 6.42 Å². The van der Waals surface area contributed by atoms with Gasteiger partial charge in [-0.3, -0.25) is 0 Å². The van der Waals surface area contributed by atoms with E-state index in [0.29, 0.717) is 6.04 Å². The molecule has 4 nitrogen and oxygen atoms in total. The second kappa shape index (κ2) is 3.58. The minimum absolute atomic E-state index is 0.576. The molecule has 1 aliphatic rings. The molecule has 1 fully saturated rings. The molecule has 0 aromatic carbocycles. The summed E-state index contributed by atoms with van der Waals surface area (Å²) in [7, 11) is 0. The van der Waals surface area contributed by atoms with Crippen LogP contribution in [0.2, 0.25) is 0 Å². The van der Waals surface area contributed by atoms with Crippen molar-refractivity contribution in [3.05, 3.63) is 18.5 Å². The molecule has 0 radical (unpaired) electrons. The zero-order valence-corrected chi connectivity index (χ0v) is 6.90. The molecule has 4 heteroatoms. The van der Waals surface area contributed by atoms with Gasteiger partial charge in [0, 0.05) is 12.5 Å². The van der Waals surface area contributed by atoms with Crippen molar-refractivity contribution in [3.8, 4) is 0 Å². The quantitative estimate of drug-likeness (QED) is 0.676. The summed E-state index contributed by atoms with van der Waals surface area (Å²) in [5.74, 6) is 0.893. The smallest absolute Gasteiger partial charge is 0.133 e. The summed E-state index contributed by atoms with van der Waals surface area (Å²) in [5.41, 5.74) is 0. The predicted octanol–water partition coefficient (Wildman–Crippen LogP) is 0.166. The monoisotopic (exact) mass is 164 g/mol. The molecule has 2 rings (SSSR count). The molecule has 2 heterocycles. The molecule has 1 aromatic rings. The van der Waals surface area contributed by atoms with Crippen molar-refractivity contribution >= 4 is 0 Å². The van der Waals surface area contributed by atoms with Gasteiger partial charge in [-0.25, -0.2) is 15.0 Å². The standard InChI is InChI=1S/C8H12N4/c1-2-7(10-3-1)4-8-11-5-9-6-12-8/h5-7,10H,1-4H2. The predicted molar refractivity (Wildman–Crippen MR) is 44.6 cm³/mol. The van der Waals surface area contributed by atoms with Crippen LogP contribution in [0.5, 0.6) is 0 Å². The molecular formula is C8H12N4. The van der Waals surface area contributed by atoms with Crippen LogP contribution in [0.3, 0.4) is 0 Å². The van der Waals surface area contributed by atoms with Gasteiger partial charge in [0.25, 0.3) is 0 Å². The van der Waals surface area contributed by atoms with E-state index in [1.807, 2.05) is 0 Å². The highest BCUT2D eigenvalue weighted by Crippen LogP contribution is 2.08. The summed E-state index contributed by atoms with van der Waals surface area (Å²) in [6, 6.07) is 0.576. The largest absolute Gasteiger partial charge is 0.314 e. The first-order valence-corrected chi connectivity index (χ1v) is 4.29. The fourth-order valence-corrected chi connectivity index (χ4v) is 1.52. The first kappa shape index (κ1) is 7.61. The Morgan fingerprint density at radius 3 is 2.92 bits per heavy atom. The third kappa shape index (κ3) is 1.76. The van der Waals surface area contributed by atoms with Crippen molar-refractivity contribution in [1.82, 2.24) is 20.3 Å². The molecule has 0 bridgehead atoms. The number of hydrogen-bond donors (Lipinski definition) is 1. The maximum absolute atomic E-state index is 4.08. The van der Waals surface area contributed by atoms with Crippen LogP contribution in [0, 0.1) is 0 Å². The van der Waals surface area contributed by atoms with Crippen molar-refractivity contribution in [1.29, 1.82) is 0 Å². The first-order valence-electron chi connectivity index (χ1n) is 4.29. The van der Waals surface area contributed by atoms with E-state index < -0.39 is 0 Å². The molecule has 1 atom stereocenters. The van der Waals surface area contributed by atoms with Crippen LogP contribution >= 0.6 is 0 Å². The van der Waals surface area contributed by atoms with E-state index in [2.05, 4.69) is 20.3 Å². The average Bonchev–Trinajstić information content (AvgIpc) is 2.59. The zero-order valence-electron chi connectivity index (χ0n) is 6.90. The lowest BCUT2D eigenvalue weighted by atomic mass is 10.1. The van der Waals surface area contributed by atoms with E-state index in [1.54, 1.807) is 12.7 Å². The van der Waals surface area contributed by atoms with Crippen LogP contribution in [0.25, 0.3) is 0 Å². The van der Waals surface area contributed by atoms with Gasteiger partial charge in [0.15, 0.2) is 0 Å². The van der Waals surface area contributed by atoms with Crippen molar-refractivity contribution in [2.75, 3.05) is 6.54 Å². The Hall–Kier alpha value is -1.03. The number of hydrogen-bond acceptors (Lipinski definition) is 4. The van der Waals surface area contributed by atoms with Gasteiger partial charge in [0.2, 0.25) is 0 Å². The van der Waals surface area contributed by atoms with E-state index in [4.69, 9.17) is 0 Å². The minimum atomic E-state index is 0.576. The normalized spacial score (nSPS) is 22.8. The maximum Gasteiger partial charge on any atom is 0.133 e. The number of nitrogens with one attached hydrogen (secondary N) is 1. The van der Waals surface area contributed by atoms with Gasteiger partial charge in [-0.1, -0.05) is 0 Å². The molecule has 1 aliphatic heterocycles. The van der Waals surface area contributed by atoms with Crippen LogP contribution in [-0.4, -0.2) is 27.5 Å². The Balaban J connectivity index is 1.94. The fraction of sp³-hybridized carbons (Fsp3) is 0.625. The van der Waals surface area contributed by atoms with E-state index in [0.717, 1.165) is 18.8 Å². The molecule has 1 N–H and O–H groups in total. The lowest BCUT2D eigenvalue weighted by Crippen LogP contribution is -2.24. The van der Waals surface area contributed by atoms with Crippen molar-refractivity contribution in [2.24, 2.45) is 0 Å². The highest BCUT2D eigenvalue weighted by atomic mass is 15.0. The highest BCUT2D eigenvalue weighted by Gasteiger charge is 2.15. The van der Waals surface area contributed by atoms with E-state index >= 15 is 0 Å². The molecule has 1 unspecified atom stereocenters. The van der Waals surface area contributed by atoms with Crippen LogP contribution in [0.15, 0.2) is 12.7 Å². The van der Waals surface area contributed by atoms with Gasteiger partial charge in [0.05, 0.1) is 0 Å². The van der Waals surface area contributed by atoms with E-state index in [-0.39, 0.29) is 0 Å². The second-order valence-electron chi connectivity index (χ2n) is 3.05. The number of nitrogens with zero attached hydrogens (tertiary/aromatic N) is 3. The van der Waals surface area contributed by atoms with Gasteiger partial charge in [-0.05, 0) is 19.4 Å². The van der Waals surface area contributed by atoms with Crippen molar-refractivity contribution in [2.45, 2.75) is 25.3 Å². The lowest BCUT2D eigenvalue weighted by molar-refractivity contribution is 0.583. The molecule has 0 spiro atoms. The molecule has 64 valence electrons. The third-order valence-electron chi connectivity index (χ3n) is 2.14. The summed E-state index contributed by atoms with van der Waals surface area (Å²) in [6.07, 6.45) is 6.55.